The molecule has 154 valence electrons. The van der Waals surface area contributed by atoms with Crippen LogP contribution in [0.3, 0.4) is 0 Å². The predicted molar refractivity (Wildman–Crippen MR) is 112 cm³/mol. The number of fused-ring (bicyclic) bond motifs is 3. The van der Waals surface area contributed by atoms with E-state index in [1.807, 2.05) is 48.5 Å². The molecule has 0 saturated heterocycles. The number of ether oxygens (including phenoxy) is 1. The average molecular weight is 425 g/mol. The summed E-state index contributed by atoms with van der Waals surface area (Å²) in [5.41, 5.74) is 2.06. The summed E-state index contributed by atoms with van der Waals surface area (Å²) >= 11 is 0. The molecule has 1 aromatic heterocycles. The zero-order valence-electron chi connectivity index (χ0n) is 15.8. The lowest BCUT2D eigenvalue weighted by Crippen LogP contribution is -2.43. The number of furan rings is 1. The first-order chi connectivity index (χ1) is 14.4. The number of aliphatic carboxylic acids is 1. The quantitative estimate of drug-likeness (QED) is 0.447. The number of carboxylic acid groups (broad SMARTS) is 1. The molecule has 4 aromatic rings. The minimum atomic E-state index is -4.09. The number of nitrogens with one attached hydrogen (secondary N) is 1. The Kier molecular flexibility index (Phi) is 5.54. The minimum Gasteiger partial charge on any atom is -0.480 e. The van der Waals surface area contributed by atoms with Crippen LogP contribution in [0.2, 0.25) is 0 Å². The maximum atomic E-state index is 12.8. The second-order valence-corrected chi connectivity index (χ2v) is 8.48. The molecule has 1 heterocycles. The van der Waals surface area contributed by atoms with Crippen LogP contribution in [-0.2, 0) is 26.2 Å². The number of hydrogen-bond acceptors (Lipinski definition) is 5. The van der Waals surface area contributed by atoms with Crippen LogP contribution in [0.4, 0.5) is 0 Å². The van der Waals surface area contributed by atoms with E-state index < -0.39 is 22.0 Å². The molecule has 0 radical (unpaired) electrons. The summed E-state index contributed by atoms with van der Waals surface area (Å²) in [4.78, 5) is 11.5. The zero-order valence-corrected chi connectivity index (χ0v) is 16.6. The molecular weight excluding hydrogens is 406 g/mol. The molecule has 0 spiro atoms. The van der Waals surface area contributed by atoms with Gasteiger partial charge in [0.2, 0.25) is 10.0 Å². The van der Waals surface area contributed by atoms with E-state index in [9.17, 15) is 18.3 Å². The van der Waals surface area contributed by atoms with Crippen LogP contribution in [0, 0.1) is 0 Å². The molecule has 4 rings (SSSR count). The Morgan fingerprint density at radius 3 is 2.43 bits per heavy atom. The smallest absolute Gasteiger partial charge is 0.324 e. The molecule has 0 aliphatic rings. The van der Waals surface area contributed by atoms with E-state index in [0.29, 0.717) is 16.6 Å². The molecular formula is C22H19NO6S. The van der Waals surface area contributed by atoms with E-state index >= 15 is 0 Å². The Morgan fingerprint density at radius 1 is 0.967 bits per heavy atom. The first kappa shape index (κ1) is 20.1. The van der Waals surface area contributed by atoms with Gasteiger partial charge < -0.3 is 14.3 Å². The molecule has 30 heavy (non-hydrogen) atoms. The first-order valence-electron chi connectivity index (χ1n) is 9.22. The van der Waals surface area contributed by atoms with Gasteiger partial charge in [-0.1, -0.05) is 48.5 Å². The highest BCUT2D eigenvalue weighted by Gasteiger charge is 2.26. The van der Waals surface area contributed by atoms with Gasteiger partial charge >= 0.3 is 5.97 Å². The number of rotatable bonds is 8. The summed E-state index contributed by atoms with van der Waals surface area (Å²) in [7, 11) is -4.09. The number of hydrogen-bond donors (Lipinski definition) is 2. The summed E-state index contributed by atoms with van der Waals surface area (Å²) < 4.78 is 39.0. The van der Waals surface area contributed by atoms with Crippen molar-refractivity contribution in [1.82, 2.24) is 4.72 Å². The van der Waals surface area contributed by atoms with E-state index in [2.05, 4.69) is 4.72 Å². The van der Waals surface area contributed by atoms with Gasteiger partial charge in [0.25, 0.3) is 0 Å². The van der Waals surface area contributed by atoms with E-state index in [1.54, 1.807) is 12.1 Å². The highest BCUT2D eigenvalue weighted by atomic mass is 32.2. The van der Waals surface area contributed by atoms with Crippen molar-refractivity contribution in [1.29, 1.82) is 0 Å². The lowest BCUT2D eigenvalue weighted by molar-refractivity contribution is -0.140. The highest BCUT2D eigenvalue weighted by Crippen LogP contribution is 2.30. The molecule has 0 fully saturated rings. The van der Waals surface area contributed by atoms with Gasteiger partial charge in [-0.25, -0.2) is 8.42 Å². The molecule has 3 aromatic carbocycles. The van der Waals surface area contributed by atoms with Gasteiger partial charge in [-0.3, -0.25) is 4.79 Å². The molecule has 1 atom stereocenters. The third-order valence-electron chi connectivity index (χ3n) is 4.65. The van der Waals surface area contributed by atoms with Crippen molar-refractivity contribution in [2.45, 2.75) is 17.5 Å². The Balaban J connectivity index is 1.53. The lowest BCUT2D eigenvalue weighted by atomic mass is 10.1. The predicted octanol–water partition coefficient (Wildman–Crippen LogP) is 3.53. The summed E-state index contributed by atoms with van der Waals surface area (Å²) in [6.45, 7) is -0.125. The molecule has 0 amide bonds. The van der Waals surface area contributed by atoms with Gasteiger partial charge in [-0.15, -0.1) is 0 Å². The third kappa shape index (κ3) is 4.20. The fraction of sp³-hybridized carbons (Fsp3) is 0.136. The van der Waals surface area contributed by atoms with Crippen molar-refractivity contribution >= 4 is 37.9 Å². The van der Waals surface area contributed by atoms with Crippen LogP contribution in [0.1, 0.15) is 5.56 Å². The van der Waals surface area contributed by atoms with Gasteiger partial charge in [0, 0.05) is 10.8 Å². The van der Waals surface area contributed by atoms with E-state index in [4.69, 9.17) is 9.15 Å². The molecule has 0 aliphatic heterocycles. The summed E-state index contributed by atoms with van der Waals surface area (Å²) in [5.74, 6) is -1.32. The maximum absolute atomic E-state index is 12.8. The Hall–Kier alpha value is -3.20. The second kappa shape index (κ2) is 8.27. The van der Waals surface area contributed by atoms with Crippen LogP contribution in [0.5, 0.6) is 0 Å². The van der Waals surface area contributed by atoms with Crippen LogP contribution in [0.25, 0.3) is 21.9 Å². The van der Waals surface area contributed by atoms with Crippen LogP contribution in [0.15, 0.2) is 82.1 Å². The third-order valence-corrected chi connectivity index (χ3v) is 6.12. The Morgan fingerprint density at radius 2 is 1.67 bits per heavy atom. The largest absolute Gasteiger partial charge is 0.480 e. The standard InChI is InChI=1S/C22H19NO6S/c24-22(25)19(14-28-13-15-6-2-1-3-7-15)23-30(26,27)16-10-11-21-18(12-16)17-8-4-5-9-20(17)29-21/h1-12,19,23H,13-14H2,(H,24,25). The number of carboxylic acids is 1. The SMILES string of the molecule is O=C(O)C(COCc1ccccc1)NS(=O)(=O)c1ccc2oc3ccccc3c2c1. The van der Waals surface area contributed by atoms with Crippen LogP contribution in [-0.4, -0.2) is 32.1 Å². The molecule has 0 saturated carbocycles. The van der Waals surface area contributed by atoms with Crippen molar-refractivity contribution in [3.8, 4) is 0 Å². The van der Waals surface area contributed by atoms with Gasteiger partial charge in [0.15, 0.2) is 0 Å². The summed E-state index contributed by atoms with van der Waals surface area (Å²) in [5, 5.41) is 10.9. The maximum Gasteiger partial charge on any atom is 0.324 e. The number of carbonyl (C=O) groups is 1. The van der Waals surface area contributed by atoms with Gasteiger partial charge in [-0.05, 0) is 29.8 Å². The lowest BCUT2D eigenvalue weighted by Gasteiger charge is -2.15. The topological polar surface area (TPSA) is 106 Å². The zero-order chi connectivity index (χ0) is 21.1. The van der Waals surface area contributed by atoms with E-state index in [1.165, 1.54) is 12.1 Å². The number of para-hydroxylation sites is 1. The van der Waals surface area contributed by atoms with Crippen molar-refractivity contribution in [2.24, 2.45) is 0 Å². The number of sulfonamides is 1. The average Bonchev–Trinajstić information content (AvgIpc) is 3.11. The molecule has 0 aliphatic carbocycles. The van der Waals surface area contributed by atoms with Crippen molar-refractivity contribution in [3.05, 3.63) is 78.4 Å². The van der Waals surface area contributed by atoms with Crippen molar-refractivity contribution < 1.29 is 27.5 Å². The highest BCUT2D eigenvalue weighted by molar-refractivity contribution is 7.89. The van der Waals surface area contributed by atoms with Crippen LogP contribution >= 0.6 is 0 Å². The number of benzene rings is 3. The molecule has 8 heteroatoms. The van der Waals surface area contributed by atoms with Crippen molar-refractivity contribution in [2.75, 3.05) is 6.61 Å². The second-order valence-electron chi connectivity index (χ2n) is 6.77. The van der Waals surface area contributed by atoms with Crippen molar-refractivity contribution in [3.63, 3.8) is 0 Å². The minimum absolute atomic E-state index is 0.0455. The van der Waals surface area contributed by atoms with E-state index in [0.717, 1.165) is 10.9 Å². The molecule has 0 bridgehead atoms. The Labute approximate surface area is 172 Å². The molecule has 1 unspecified atom stereocenters. The van der Waals surface area contributed by atoms with E-state index in [-0.39, 0.29) is 18.1 Å². The monoisotopic (exact) mass is 425 g/mol. The van der Waals surface area contributed by atoms with Gasteiger partial charge in [-0.2, -0.15) is 4.72 Å². The fourth-order valence-corrected chi connectivity index (χ4v) is 4.35. The molecule has 2 N–H and O–H groups in total. The first-order valence-corrected chi connectivity index (χ1v) is 10.7. The Bertz CT molecular complexity index is 1300. The van der Waals surface area contributed by atoms with Gasteiger partial charge in [0.05, 0.1) is 18.1 Å². The summed E-state index contributed by atoms with van der Waals surface area (Å²) in [6.07, 6.45) is 0. The molecule has 7 nitrogen and oxygen atoms in total. The van der Waals surface area contributed by atoms with Gasteiger partial charge in [0.1, 0.15) is 17.2 Å². The fourth-order valence-electron chi connectivity index (χ4n) is 3.15. The summed E-state index contributed by atoms with van der Waals surface area (Å²) in [6, 6.07) is 19.5. The van der Waals surface area contributed by atoms with Crippen LogP contribution < -0.4 is 4.72 Å². The normalized spacial score (nSPS) is 12.9.